The smallest absolute Gasteiger partial charge is 0.128 e. The quantitative estimate of drug-likeness (QED) is 0.795. The van der Waals surface area contributed by atoms with Crippen molar-refractivity contribution < 1.29 is 14.6 Å². The van der Waals surface area contributed by atoms with Crippen molar-refractivity contribution in [2.45, 2.75) is 0 Å². The Balaban J connectivity index is 2.11. The minimum absolute atomic E-state index is 0.426. The number of carbonyl (C=O) groups excluding carboxylic acids is 1. The number of benzene rings is 2. The van der Waals surface area contributed by atoms with Crippen LogP contribution < -0.4 is 9.84 Å². The van der Waals surface area contributed by atoms with Crippen LogP contribution in [0.2, 0.25) is 0 Å². The fraction of sp³-hybridized carbons (Fsp3) is 0.0714. The largest absolute Gasteiger partial charge is 0.546 e. The van der Waals surface area contributed by atoms with Crippen LogP contribution in [0.3, 0.4) is 0 Å². The second kappa shape index (κ2) is 5.16. The molecular formula is C14H11O3-. The van der Waals surface area contributed by atoms with Crippen LogP contribution in [0.4, 0.5) is 0 Å². The number of hydrogen-bond donors (Lipinski definition) is 0. The lowest BCUT2D eigenvalue weighted by atomic mass is 10.1. The number of carboxylic acids is 1. The van der Waals surface area contributed by atoms with Crippen molar-refractivity contribution in [3.8, 4) is 16.9 Å². The second-order valence-corrected chi connectivity index (χ2v) is 3.55. The van der Waals surface area contributed by atoms with Crippen LogP contribution in [-0.2, 0) is 4.79 Å². The maximum atomic E-state index is 10.2. The van der Waals surface area contributed by atoms with Crippen molar-refractivity contribution in [1.29, 1.82) is 0 Å². The van der Waals surface area contributed by atoms with E-state index in [-0.39, 0.29) is 0 Å². The van der Waals surface area contributed by atoms with Crippen molar-refractivity contribution >= 4 is 5.97 Å². The van der Waals surface area contributed by atoms with E-state index in [0.29, 0.717) is 5.75 Å². The highest BCUT2D eigenvalue weighted by Gasteiger charge is 1.97. The van der Waals surface area contributed by atoms with Crippen molar-refractivity contribution in [2.24, 2.45) is 0 Å². The molecule has 2 aromatic carbocycles. The summed E-state index contributed by atoms with van der Waals surface area (Å²) in [6.45, 7) is -0.426. The molecule has 0 saturated carbocycles. The highest BCUT2D eigenvalue weighted by molar-refractivity contribution is 5.66. The molecule has 0 fully saturated rings. The molecule has 0 aliphatic carbocycles. The van der Waals surface area contributed by atoms with Gasteiger partial charge in [0.1, 0.15) is 12.4 Å². The number of hydrogen-bond acceptors (Lipinski definition) is 3. The predicted molar refractivity (Wildman–Crippen MR) is 62.4 cm³/mol. The normalized spacial score (nSPS) is 9.88. The summed E-state index contributed by atoms with van der Waals surface area (Å²) in [5.41, 5.74) is 2.17. The van der Waals surface area contributed by atoms with Gasteiger partial charge in [0.2, 0.25) is 0 Å². The van der Waals surface area contributed by atoms with Gasteiger partial charge in [0.05, 0.1) is 5.97 Å². The average molecular weight is 227 g/mol. The first-order valence-electron chi connectivity index (χ1n) is 5.24. The van der Waals surface area contributed by atoms with Crippen LogP contribution in [-0.4, -0.2) is 12.6 Å². The van der Waals surface area contributed by atoms with Crippen molar-refractivity contribution in [2.75, 3.05) is 6.61 Å². The maximum absolute atomic E-state index is 10.2. The highest BCUT2D eigenvalue weighted by atomic mass is 16.5. The van der Waals surface area contributed by atoms with Crippen molar-refractivity contribution in [1.82, 2.24) is 0 Å². The zero-order valence-corrected chi connectivity index (χ0v) is 9.13. The zero-order chi connectivity index (χ0) is 12.1. The molecule has 0 heterocycles. The first-order valence-corrected chi connectivity index (χ1v) is 5.24. The molecule has 3 heteroatoms. The van der Waals surface area contributed by atoms with E-state index in [1.165, 1.54) is 0 Å². The standard InChI is InChI=1S/C14H12O3/c15-14(16)10-17-13-8-6-12(7-9-13)11-4-2-1-3-5-11/h1-9H,10H2,(H,15,16)/p-1. The fourth-order valence-electron chi connectivity index (χ4n) is 1.52. The summed E-state index contributed by atoms with van der Waals surface area (Å²) in [6, 6.07) is 17.2. The zero-order valence-electron chi connectivity index (χ0n) is 9.13. The fourth-order valence-corrected chi connectivity index (χ4v) is 1.52. The van der Waals surface area contributed by atoms with E-state index in [1.807, 2.05) is 42.5 Å². The van der Waals surface area contributed by atoms with E-state index < -0.39 is 12.6 Å². The Morgan fingerprint density at radius 2 is 1.53 bits per heavy atom. The monoisotopic (exact) mass is 227 g/mol. The van der Waals surface area contributed by atoms with E-state index in [1.54, 1.807) is 12.1 Å². The molecule has 0 radical (unpaired) electrons. The molecule has 17 heavy (non-hydrogen) atoms. The van der Waals surface area contributed by atoms with Gasteiger partial charge in [-0.15, -0.1) is 0 Å². The Labute approximate surface area is 99.3 Å². The Hall–Kier alpha value is -2.29. The molecular weight excluding hydrogens is 216 g/mol. The van der Waals surface area contributed by atoms with E-state index in [2.05, 4.69) is 0 Å². The van der Waals surface area contributed by atoms with Gasteiger partial charge < -0.3 is 14.6 Å². The van der Waals surface area contributed by atoms with Gasteiger partial charge in [-0.25, -0.2) is 0 Å². The molecule has 0 aliphatic rings. The summed E-state index contributed by atoms with van der Waals surface area (Å²) in [5.74, 6) is -0.703. The van der Waals surface area contributed by atoms with Gasteiger partial charge in [-0.2, -0.15) is 0 Å². The third kappa shape index (κ3) is 3.08. The summed E-state index contributed by atoms with van der Waals surface area (Å²) in [4.78, 5) is 10.2. The third-order valence-corrected chi connectivity index (χ3v) is 2.32. The molecule has 0 atom stereocenters. The van der Waals surface area contributed by atoms with E-state index in [4.69, 9.17) is 4.74 Å². The minimum atomic E-state index is -1.22. The van der Waals surface area contributed by atoms with Gasteiger partial charge in [-0.1, -0.05) is 42.5 Å². The minimum Gasteiger partial charge on any atom is -0.546 e. The summed E-state index contributed by atoms with van der Waals surface area (Å²) >= 11 is 0. The van der Waals surface area contributed by atoms with E-state index in [9.17, 15) is 9.90 Å². The van der Waals surface area contributed by atoms with E-state index >= 15 is 0 Å². The number of carbonyl (C=O) groups is 1. The molecule has 0 saturated heterocycles. The van der Waals surface area contributed by atoms with Crippen LogP contribution >= 0.6 is 0 Å². The summed E-state index contributed by atoms with van der Waals surface area (Å²) in [5, 5.41) is 10.2. The number of ether oxygens (including phenoxy) is 1. The summed E-state index contributed by atoms with van der Waals surface area (Å²) < 4.78 is 5.00. The van der Waals surface area contributed by atoms with Crippen LogP contribution in [0, 0.1) is 0 Å². The first kappa shape index (κ1) is 11.2. The maximum Gasteiger partial charge on any atom is 0.128 e. The summed E-state index contributed by atoms with van der Waals surface area (Å²) in [6.07, 6.45) is 0. The molecule has 0 aliphatic heterocycles. The van der Waals surface area contributed by atoms with Crippen LogP contribution in [0.25, 0.3) is 11.1 Å². The molecule has 0 bridgehead atoms. The van der Waals surface area contributed by atoms with Gasteiger partial charge >= 0.3 is 0 Å². The lowest BCUT2D eigenvalue weighted by Crippen LogP contribution is -2.28. The first-order chi connectivity index (χ1) is 8.25. The number of rotatable bonds is 4. The number of carboxylic acid groups (broad SMARTS) is 1. The van der Waals surface area contributed by atoms with Gasteiger partial charge in [-0.05, 0) is 23.3 Å². The molecule has 2 rings (SSSR count). The Morgan fingerprint density at radius 1 is 0.941 bits per heavy atom. The van der Waals surface area contributed by atoms with E-state index in [0.717, 1.165) is 11.1 Å². The van der Waals surface area contributed by atoms with Crippen LogP contribution in [0.15, 0.2) is 54.6 Å². The lowest BCUT2D eigenvalue weighted by molar-refractivity contribution is -0.307. The SMILES string of the molecule is O=C([O-])COc1ccc(-c2ccccc2)cc1. The van der Waals surface area contributed by atoms with Gasteiger partial charge in [0.15, 0.2) is 0 Å². The van der Waals surface area contributed by atoms with Crippen molar-refractivity contribution in [3.05, 3.63) is 54.6 Å². The molecule has 2 aromatic rings. The van der Waals surface area contributed by atoms with Crippen LogP contribution in [0.5, 0.6) is 5.75 Å². The van der Waals surface area contributed by atoms with Gasteiger partial charge in [0, 0.05) is 0 Å². The Kier molecular flexibility index (Phi) is 3.40. The summed E-state index contributed by atoms with van der Waals surface area (Å²) in [7, 11) is 0. The van der Waals surface area contributed by atoms with Gasteiger partial charge in [0.25, 0.3) is 0 Å². The Bertz CT molecular complexity index is 489. The number of aliphatic carboxylic acids is 1. The molecule has 0 spiro atoms. The molecule has 0 amide bonds. The molecule has 3 nitrogen and oxygen atoms in total. The lowest BCUT2D eigenvalue weighted by Gasteiger charge is -2.07. The third-order valence-electron chi connectivity index (χ3n) is 2.32. The molecule has 0 aromatic heterocycles. The Morgan fingerprint density at radius 3 is 2.12 bits per heavy atom. The highest BCUT2D eigenvalue weighted by Crippen LogP contribution is 2.21. The second-order valence-electron chi connectivity index (χ2n) is 3.55. The molecule has 0 N–H and O–H groups in total. The molecule has 86 valence electrons. The van der Waals surface area contributed by atoms with Crippen LogP contribution in [0.1, 0.15) is 0 Å². The van der Waals surface area contributed by atoms with Crippen molar-refractivity contribution in [3.63, 3.8) is 0 Å². The average Bonchev–Trinajstić information content (AvgIpc) is 2.38. The van der Waals surface area contributed by atoms with Gasteiger partial charge in [-0.3, -0.25) is 0 Å². The predicted octanol–water partition coefficient (Wildman–Crippen LogP) is 1.48. The topological polar surface area (TPSA) is 49.4 Å². The molecule has 0 unspecified atom stereocenters.